The highest BCUT2D eigenvalue weighted by Gasteiger charge is 2.31. The Kier molecular flexibility index (Phi) is 7.20. The standard InChI is InChI=1S/C25H25F3N4O3/c1-17(24-29-23(30-35-24)19-6-4-7-20(16-19)25(26,27)28)31-11-13-32(14-12-31)22(33)10-9-18-5-3-8-21(15-18)34-2/h3-10,15-17H,11-14H2,1-2H3/b10-9+/t17-/m0/s1. The summed E-state index contributed by atoms with van der Waals surface area (Å²) in [5, 5.41) is 3.87. The second-order valence-corrected chi connectivity index (χ2v) is 8.18. The van der Waals surface area contributed by atoms with Crippen LogP contribution in [0.15, 0.2) is 59.1 Å². The van der Waals surface area contributed by atoms with E-state index in [2.05, 4.69) is 15.0 Å². The highest BCUT2D eigenvalue weighted by molar-refractivity contribution is 5.91. The van der Waals surface area contributed by atoms with Crippen molar-refractivity contribution in [2.75, 3.05) is 33.3 Å². The van der Waals surface area contributed by atoms with E-state index in [0.29, 0.717) is 32.1 Å². The molecule has 0 unspecified atom stereocenters. The van der Waals surface area contributed by atoms with Crippen molar-refractivity contribution in [2.45, 2.75) is 19.1 Å². The van der Waals surface area contributed by atoms with Gasteiger partial charge in [0.1, 0.15) is 5.75 Å². The zero-order valence-electron chi connectivity index (χ0n) is 19.3. The minimum Gasteiger partial charge on any atom is -0.497 e. The lowest BCUT2D eigenvalue weighted by atomic mass is 10.1. The van der Waals surface area contributed by atoms with Crippen LogP contribution in [-0.2, 0) is 11.0 Å². The average Bonchev–Trinajstić information content (AvgIpc) is 3.37. The molecule has 1 saturated heterocycles. The Morgan fingerprint density at radius 3 is 2.57 bits per heavy atom. The van der Waals surface area contributed by atoms with E-state index < -0.39 is 11.7 Å². The molecule has 0 saturated carbocycles. The summed E-state index contributed by atoms with van der Waals surface area (Å²) in [6, 6.07) is 12.0. The second kappa shape index (κ2) is 10.3. The summed E-state index contributed by atoms with van der Waals surface area (Å²) >= 11 is 0. The number of carbonyl (C=O) groups is 1. The summed E-state index contributed by atoms with van der Waals surface area (Å²) in [6.45, 7) is 4.15. The number of nitrogens with zero attached hydrogens (tertiary/aromatic N) is 4. The fourth-order valence-electron chi connectivity index (χ4n) is 3.86. The van der Waals surface area contributed by atoms with E-state index in [1.807, 2.05) is 31.2 Å². The SMILES string of the molecule is COc1cccc(/C=C/C(=O)N2CCN([C@@H](C)c3nc(-c4cccc(C(F)(F)F)c4)no3)CC2)c1. The average molecular weight is 486 g/mol. The van der Waals surface area contributed by atoms with Crippen LogP contribution in [0.5, 0.6) is 5.75 Å². The van der Waals surface area contributed by atoms with E-state index >= 15 is 0 Å². The topological polar surface area (TPSA) is 71.7 Å². The molecule has 2 heterocycles. The molecule has 0 aliphatic carbocycles. The van der Waals surface area contributed by atoms with Gasteiger partial charge in [-0.05, 0) is 42.8 Å². The molecule has 3 aromatic rings. The van der Waals surface area contributed by atoms with Gasteiger partial charge in [0.2, 0.25) is 17.6 Å². The van der Waals surface area contributed by atoms with Gasteiger partial charge in [-0.3, -0.25) is 9.69 Å². The molecule has 4 rings (SSSR count). The molecule has 1 aliphatic heterocycles. The summed E-state index contributed by atoms with van der Waals surface area (Å²) in [4.78, 5) is 20.8. The normalized spacial score (nSPS) is 16.0. The molecule has 0 N–H and O–H groups in total. The summed E-state index contributed by atoms with van der Waals surface area (Å²) in [6.07, 6.45) is -1.14. The third kappa shape index (κ3) is 5.89. The van der Waals surface area contributed by atoms with Gasteiger partial charge in [0, 0.05) is 37.8 Å². The lowest BCUT2D eigenvalue weighted by Crippen LogP contribution is -2.48. The minimum atomic E-state index is -4.45. The first kappa shape index (κ1) is 24.5. The van der Waals surface area contributed by atoms with Crippen molar-refractivity contribution < 1.29 is 27.2 Å². The molecule has 1 aliphatic rings. The highest BCUT2D eigenvalue weighted by Crippen LogP contribution is 2.32. The van der Waals surface area contributed by atoms with Crippen LogP contribution in [0.25, 0.3) is 17.5 Å². The van der Waals surface area contributed by atoms with Gasteiger partial charge in [-0.15, -0.1) is 0 Å². The van der Waals surface area contributed by atoms with E-state index in [-0.39, 0.29) is 23.3 Å². The van der Waals surface area contributed by atoms with Crippen LogP contribution in [0.4, 0.5) is 13.2 Å². The minimum absolute atomic E-state index is 0.0789. The summed E-state index contributed by atoms with van der Waals surface area (Å²) < 4.78 is 49.6. The van der Waals surface area contributed by atoms with E-state index in [1.54, 1.807) is 24.2 Å². The van der Waals surface area contributed by atoms with Gasteiger partial charge in [-0.2, -0.15) is 18.2 Å². The predicted molar refractivity (Wildman–Crippen MR) is 123 cm³/mol. The highest BCUT2D eigenvalue weighted by atomic mass is 19.4. The first-order chi connectivity index (χ1) is 16.7. The molecule has 10 heteroatoms. The van der Waals surface area contributed by atoms with E-state index in [1.165, 1.54) is 12.1 Å². The van der Waals surface area contributed by atoms with E-state index in [0.717, 1.165) is 23.4 Å². The molecule has 2 aromatic carbocycles. The number of halogens is 3. The van der Waals surface area contributed by atoms with E-state index in [9.17, 15) is 18.0 Å². The molecule has 1 atom stereocenters. The van der Waals surface area contributed by atoms with Crippen molar-refractivity contribution in [3.05, 3.63) is 71.6 Å². The smallest absolute Gasteiger partial charge is 0.416 e. The quantitative estimate of drug-likeness (QED) is 0.471. The molecule has 0 radical (unpaired) electrons. The Labute approximate surface area is 200 Å². The van der Waals surface area contributed by atoms with Crippen molar-refractivity contribution in [3.8, 4) is 17.1 Å². The van der Waals surface area contributed by atoms with Crippen molar-refractivity contribution in [1.82, 2.24) is 19.9 Å². The van der Waals surface area contributed by atoms with Crippen molar-refractivity contribution in [3.63, 3.8) is 0 Å². The molecule has 35 heavy (non-hydrogen) atoms. The maximum atomic E-state index is 13.0. The van der Waals surface area contributed by atoms with Crippen molar-refractivity contribution in [1.29, 1.82) is 0 Å². The molecule has 1 fully saturated rings. The number of alkyl halides is 3. The number of piperazine rings is 1. The predicted octanol–water partition coefficient (Wildman–Crippen LogP) is 4.68. The third-order valence-electron chi connectivity index (χ3n) is 5.93. The maximum Gasteiger partial charge on any atom is 0.416 e. The molecule has 7 nitrogen and oxygen atoms in total. The van der Waals surface area contributed by atoms with Crippen molar-refractivity contribution >= 4 is 12.0 Å². The van der Waals surface area contributed by atoms with Gasteiger partial charge in [-0.25, -0.2) is 0 Å². The number of benzene rings is 2. The van der Waals surface area contributed by atoms with Gasteiger partial charge in [0.15, 0.2) is 0 Å². The van der Waals surface area contributed by atoms with Crippen molar-refractivity contribution in [2.24, 2.45) is 0 Å². The first-order valence-electron chi connectivity index (χ1n) is 11.1. The van der Waals surface area contributed by atoms with Gasteiger partial charge >= 0.3 is 6.18 Å². The number of hydrogen-bond donors (Lipinski definition) is 0. The molecular formula is C25H25F3N4O3. The summed E-state index contributed by atoms with van der Waals surface area (Å²) in [7, 11) is 1.59. The monoisotopic (exact) mass is 486 g/mol. The molecule has 184 valence electrons. The Bertz CT molecular complexity index is 1200. The Morgan fingerprint density at radius 1 is 1.11 bits per heavy atom. The third-order valence-corrected chi connectivity index (χ3v) is 5.93. The van der Waals surface area contributed by atoms with Crippen LogP contribution in [-0.4, -0.2) is 59.1 Å². The lowest BCUT2D eigenvalue weighted by Gasteiger charge is -2.36. The van der Waals surface area contributed by atoms with Crippen LogP contribution in [0.3, 0.4) is 0 Å². The van der Waals surface area contributed by atoms with Crippen LogP contribution < -0.4 is 4.74 Å². The van der Waals surface area contributed by atoms with Gasteiger partial charge in [-0.1, -0.05) is 29.4 Å². The number of amides is 1. The number of ether oxygens (including phenoxy) is 1. The van der Waals surface area contributed by atoms with Gasteiger partial charge in [0.25, 0.3) is 0 Å². The van der Waals surface area contributed by atoms with Crippen LogP contribution in [0, 0.1) is 0 Å². The molecule has 1 amide bonds. The Morgan fingerprint density at radius 2 is 1.86 bits per heavy atom. The zero-order chi connectivity index (χ0) is 25.0. The van der Waals surface area contributed by atoms with E-state index in [4.69, 9.17) is 9.26 Å². The number of hydrogen-bond acceptors (Lipinski definition) is 6. The number of methoxy groups -OCH3 is 1. The first-order valence-corrected chi connectivity index (χ1v) is 11.1. The largest absolute Gasteiger partial charge is 0.497 e. The maximum absolute atomic E-state index is 13.0. The Balaban J connectivity index is 1.35. The molecule has 1 aromatic heterocycles. The fourth-order valence-corrected chi connectivity index (χ4v) is 3.86. The lowest BCUT2D eigenvalue weighted by molar-refractivity contribution is -0.137. The van der Waals surface area contributed by atoms with Gasteiger partial charge < -0.3 is 14.2 Å². The van der Waals surface area contributed by atoms with Crippen LogP contribution in [0.1, 0.15) is 30.0 Å². The molecule has 0 bridgehead atoms. The van der Waals surface area contributed by atoms with Crippen LogP contribution >= 0.6 is 0 Å². The number of carbonyl (C=O) groups excluding carboxylic acids is 1. The summed E-state index contributed by atoms with van der Waals surface area (Å²) in [5.74, 6) is 1.06. The summed E-state index contributed by atoms with van der Waals surface area (Å²) in [5.41, 5.74) is 0.342. The molecular weight excluding hydrogens is 461 g/mol. The number of aromatic nitrogens is 2. The Hall–Kier alpha value is -3.66. The number of rotatable bonds is 6. The zero-order valence-corrected chi connectivity index (χ0v) is 19.3. The molecule has 0 spiro atoms. The fraction of sp³-hybridized carbons (Fsp3) is 0.320. The van der Waals surface area contributed by atoms with Gasteiger partial charge in [0.05, 0.1) is 18.7 Å². The van der Waals surface area contributed by atoms with Crippen LogP contribution in [0.2, 0.25) is 0 Å². The second-order valence-electron chi connectivity index (χ2n) is 8.18.